The molecule has 1 aromatic carbocycles. The molecular weight excluding hydrogens is 286 g/mol. The number of carbonyl (C=O) groups excluding carboxylic acids is 1. The number of thiazole rings is 1. The highest BCUT2D eigenvalue weighted by Crippen LogP contribution is 2.29. The number of nitrogens with one attached hydrogen (secondary N) is 2. The van der Waals surface area contributed by atoms with Crippen molar-refractivity contribution in [3.63, 3.8) is 0 Å². The van der Waals surface area contributed by atoms with E-state index in [2.05, 4.69) is 15.6 Å². The van der Waals surface area contributed by atoms with Gasteiger partial charge in [-0.2, -0.15) is 0 Å². The second-order valence-corrected chi connectivity index (χ2v) is 6.33. The Morgan fingerprint density at radius 3 is 3.24 bits per heavy atom. The molecule has 1 fully saturated rings. The standard InChI is InChI=1S/C15H19N3O2S/c1-20-11-3-4-12-13(8-11)21-15(17-12)18-14(19)5-2-10-6-7-16-9-10/h3-4,8,10,16H,2,5-7,9H2,1H3,(H,17,18,19). The molecule has 0 radical (unpaired) electrons. The predicted molar refractivity (Wildman–Crippen MR) is 85.0 cm³/mol. The molecule has 3 rings (SSSR count). The monoisotopic (exact) mass is 305 g/mol. The summed E-state index contributed by atoms with van der Waals surface area (Å²) in [4.78, 5) is 16.4. The van der Waals surface area contributed by atoms with Crippen LogP contribution in [0.15, 0.2) is 18.2 Å². The predicted octanol–water partition coefficient (Wildman–Crippen LogP) is 2.63. The van der Waals surface area contributed by atoms with Gasteiger partial charge in [-0.3, -0.25) is 4.79 Å². The minimum absolute atomic E-state index is 0.0490. The van der Waals surface area contributed by atoms with E-state index in [-0.39, 0.29) is 5.91 Å². The maximum absolute atomic E-state index is 12.0. The fourth-order valence-corrected chi connectivity index (χ4v) is 3.47. The van der Waals surface area contributed by atoms with Gasteiger partial charge in [-0.1, -0.05) is 11.3 Å². The molecule has 1 amide bonds. The maximum atomic E-state index is 12.0. The van der Waals surface area contributed by atoms with E-state index in [1.807, 2.05) is 18.2 Å². The van der Waals surface area contributed by atoms with E-state index < -0.39 is 0 Å². The quantitative estimate of drug-likeness (QED) is 0.891. The van der Waals surface area contributed by atoms with Crippen molar-refractivity contribution >= 4 is 32.6 Å². The molecule has 1 aliphatic rings. The Labute approximate surface area is 127 Å². The molecule has 1 unspecified atom stereocenters. The van der Waals surface area contributed by atoms with Gasteiger partial charge in [-0.05, 0) is 50.0 Å². The number of carbonyl (C=O) groups is 1. The number of amides is 1. The lowest BCUT2D eigenvalue weighted by molar-refractivity contribution is -0.116. The lowest BCUT2D eigenvalue weighted by Gasteiger charge is -2.06. The van der Waals surface area contributed by atoms with E-state index in [1.54, 1.807) is 7.11 Å². The molecule has 1 aliphatic heterocycles. The number of hydrogen-bond acceptors (Lipinski definition) is 5. The van der Waals surface area contributed by atoms with Gasteiger partial charge in [0, 0.05) is 6.42 Å². The number of methoxy groups -OCH3 is 1. The van der Waals surface area contributed by atoms with Gasteiger partial charge in [0.05, 0.1) is 17.3 Å². The van der Waals surface area contributed by atoms with Gasteiger partial charge in [0.2, 0.25) is 5.91 Å². The zero-order chi connectivity index (χ0) is 14.7. The zero-order valence-electron chi connectivity index (χ0n) is 12.0. The van der Waals surface area contributed by atoms with Crippen molar-refractivity contribution in [2.75, 3.05) is 25.5 Å². The minimum Gasteiger partial charge on any atom is -0.497 e. The average molecular weight is 305 g/mol. The summed E-state index contributed by atoms with van der Waals surface area (Å²) in [5.41, 5.74) is 0.885. The van der Waals surface area contributed by atoms with Gasteiger partial charge in [0.25, 0.3) is 0 Å². The molecule has 6 heteroatoms. The third kappa shape index (κ3) is 3.51. The van der Waals surface area contributed by atoms with Crippen LogP contribution in [0.2, 0.25) is 0 Å². The molecule has 0 spiro atoms. The Morgan fingerprint density at radius 1 is 1.57 bits per heavy atom. The van der Waals surface area contributed by atoms with Gasteiger partial charge in [-0.15, -0.1) is 0 Å². The zero-order valence-corrected chi connectivity index (χ0v) is 12.8. The first-order valence-corrected chi connectivity index (χ1v) is 8.01. The molecule has 0 bridgehead atoms. The Bertz CT molecular complexity index is 635. The van der Waals surface area contributed by atoms with Crippen molar-refractivity contribution in [1.29, 1.82) is 0 Å². The van der Waals surface area contributed by atoms with Crippen LogP contribution in [0.25, 0.3) is 10.2 Å². The smallest absolute Gasteiger partial charge is 0.226 e. The van der Waals surface area contributed by atoms with Crippen LogP contribution < -0.4 is 15.4 Å². The first-order valence-electron chi connectivity index (χ1n) is 7.20. The van der Waals surface area contributed by atoms with Gasteiger partial charge in [0.1, 0.15) is 5.75 Å². The normalized spacial score (nSPS) is 18.0. The summed E-state index contributed by atoms with van der Waals surface area (Å²) in [5, 5.41) is 6.88. The molecule has 0 saturated carbocycles. The van der Waals surface area contributed by atoms with E-state index in [0.29, 0.717) is 17.5 Å². The molecule has 21 heavy (non-hydrogen) atoms. The van der Waals surface area contributed by atoms with Crippen LogP contribution in [0.1, 0.15) is 19.3 Å². The number of nitrogens with zero attached hydrogens (tertiary/aromatic N) is 1. The molecule has 2 heterocycles. The van der Waals surface area contributed by atoms with Crippen molar-refractivity contribution in [3.8, 4) is 5.75 Å². The number of anilines is 1. The Morgan fingerprint density at radius 2 is 2.48 bits per heavy atom. The largest absolute Gasteiger partial charge is 0.497 e. The molecule has 1 aromatic heterocycles. The highest BCUT2D eigenvalue weighted by Gasteiger charge is 2.16. The Hall–Kier alpha value is -1.66. The first kappa shape index (κ1) is 14.3. The molecule has 0 aliphatic carbocycles. The Kier molecular flexibility index (Phi) is 4.36. The minimum atomic E-state index is 0.0490. The fraction of sp³-hybridized carbons (Fsp3) is 0.467. The van der Waals surface area contributed by atoms with Crippen molar-refractivity contribution in [2.24, 2.45) is 5.92 Å². The molecule has 1 atom stereocenters. The number of hydrogen-bond donors (Lipinski definition) is 2. The van der Waals surface area contributed by atoms with Crippen LogP contribution in [0.4, 0.5) is 5.13 Å². The van der Waals surface area contributed by atoms with Gasteiger partial charge < -0.3 is 15.4 Å². The molecule has 112 valence electrons. The van der Waals surface area contributed by atoms with Crippen molar-refractivity contribution in [2.45, 2.75) is 19.3 Å². The third-order valence-electron chi connectivity index (χ3n) is 3.78. The SMILES string of the molecule is COc1ccc2nc(NC(=O)CCC3CCNC3)sc2c1. The fourth-order valence-electron chi connectivity index (χ4n) is 2.56. The maximum Gasteiger partial charge on any atom is 0.226 e. The van der Waals surface area contributed by atoms with Crippen LogP contribution in [-0.4, -0.2) is 31.1 Å². The van der Waals surface area contributed by atoms with Crippen LogP contribution in [0.5, 0.6) is 5.75 Å². The second-order valence-electron chi connectivity index (χ2n) is 5.30. The number of benzene rings is 1. The number of rotatable bonds is 5. The van der Waals surface area contributed by atoms with Crippen LogP contribution in [-0.2, 0) is 4.79 Å². The number of aromatic nitrogens is 1. The van der Waals surface area contributed by atoms with E-state index in [9.17, 15) is 4.79 Å². The van der Waals surface area contributed by atoms with E-state index >= 15 is 0 Å². The second kappa shape index (κ2) is 6.41. The van der Waals surface area contributed by atoms with Gasteiger partial charge in [0.15, 0.2) is 5.13 Å². The summed E-state index contributed by atoms with van der Waals surface area (Å²) < 4.78 is 6.21. The van der Waals surface area contributed by atoms with Crippen molar-refractivity contribution < 1.29 is 9.53 Å². The van der Waals surface area contributed by atoms with E-state index in [4.69, 9.17) is 4.74 Å². The Balaban J connectivity index is 1.59. The summed E-state index contributed by atoms with van der Waals surface area (Å²) in [7, 11) is 1.64. The molecule has 5 nitrogen and oxygen atoms in total. The van der Waals surface area contributed by atoms with E-state index in [1.165, 1.54) is 17.8 Å². The summed E-state index contributed by atoms with van der Waals surface area (Å²) >= 11 is 1.48. The van der Waals surface area contributed by atoms with Crippen LogP contribution in [0.3, 0.4) is 0 Å². The summed E-state index contributed by atoms with van der Waals surface area (Å²) in [6.07, 6.45) is 2.68. The first-order chi connectivity index (χ1) is 10.2. The highest BCUT2D eigenvalue weighted by atomic mass is 32.1. The van der Waals surface area contributed by atoms with Gasteiger partial charge in [-0.25, -0.2) is 4.98 Å². The number of fused-ring (bicyclic) bond motifs is 1. The lowest BCUT2D eigenvalue weighted by atomic mass is 10.0. The highest BCUT2D eigenvalue weighted by molar-refractivity contribution is 7.22. The topological polar surface area (TPSA) is 63.2 Å². The summed E-state index contributed by atoms with van der Waals surface area (Å²) in [5.74, 6) is 1.49. The summed E-state index contributed by atoms with van der Waals surface area (Å²) in [6.45, 7) is 2.11. The lowest BCUT2D eigenvalue weighted by Crippen LogP contribution is -2.14. The molecular formula is C15H19N3O2S. The molecule has 2 N–H and O–H groups in total. The molecule has 2 aromatic rings. The van der Waals surface area contributed by atoms with Crippen LogP contribution in [0, 0.1) is 5.92 Å². The number of ether oxygens (including phenoxy) is 1. The van der Waals surface area contributed by atoms with E-state index in [0.717, 1.165) is 35.5 Å². The van der Waals surface area contributed by atoms with Crippen LogP contribution >= 0.6 is 11.3 Å². The molecule has 1 saturated heterocycles. The van der Waals surface area contributed by atoms with Crippen molar-refractivity contribution in [1.82, 2.24) is 10.3 Å². The van der Waals surface area contributed by atoms with Crippen molar-refractivity contribution in [3.05, 3.63) is 18.2 Å². The average Bonchev–Trinajstić information content (AvgIpc) is 3.13. The third-order valence-corrected chi connectivity index (χ3v) is 4.72. The van der Waals surface area contributed by atoms with Gasteiger partial charge >= 0.3 is 0 Å². The summed E-state index contributed by atoms with van der Waals surface area (Å²) in [6, 6.07) is 5.72.